The van der Waals surface area contributed by atoms with Crippen molar-refractivity contribution >= 4 is 29.6 Å². The zero-order valence-electron chi connectivity index (χ0n) is 22.4. The van der Waals surface area contributed by atoms with Gasteiger partial charge in [-0.1, -0.05) is 95.3 Å². The summed E-state index contributed by atoms with van der Waals surface area (Å²) in [6.45, 7) is 10.2. The Morgan fingerprint density at radius 3 is 2.24 bits per heavy atom. The molecule has 0 aliphatic rings. The quantitative estimate of drug-likeness (QED) is 0.297. The minimum atomic E-state index is -0.810. The molecule has 198 valence electrons. The van der Waals surface area contributed by atoms with Crippen LogP contribution in [0.3, 0.4) is 0 Å². The third-order valence-corrected chi connectivity index (χ3v) is 6.18. The number of amides is 2. The van der Waals surface area contributed by atoms with E-state index < -0.39 is 18.2 Å². The molecule has 2 aromatic rings. The maximum atomic E-state index is 13.4. The van der Waals surface area contributed by atoms with Gasteiger partial charge < -0.3 is 10.1 Å². The first-order chi connectivity index (χ1) is 17.6. The summed E-state index contributed by atoms with van der Waals surface area (Å²) < 4.78 is 5.28. The Labute approximate surface area is 225 Å². The number of nitrogens with one attached hydrogen (secondary N) is 2. The topological polar surface area (TPSA) is 104 Å². The Balaban J connectivity index is 2.20. The van der Waals surface area contributed by atoms with Gasteiger partial charge in [0.25, 0.3) is 0 Å². The van der Waals surface area contributed by atoms with Gasteiger partial charge in [0, 0.05) is 17.1 Å². The molecule has 0 spiro atoms. The highest BCUT2D eigenvalue weighted by atomic mass is 32.2. The molecule has 2 rings (SSSR count). The van der Waals surface area contributed by atoms with Gasteiger partial charge in [-0.05, 0) is 23.3 Å². The number of ether oxygens (including phenoxy) is 1. The zero-order valence-corrected chi connectivity index (χ0v) is 23.2. The number of hydrogen-bond donors (Lipinski definition) is 2. The molecule has 0 aliphatic carbocycles. The van der Waals surface area contributed by atoms with E-state index in [2.05, 4.69) is 16.7 Å². The second-order valence-corrected chi connectivity index (χ2v) is 11.5. The number of aliphatic imine (C=N–C) groups is 1. The lowest BCUT2D eigenvalue weighted by molar-refractivity contribution is -0.123. The van der Waals surface area contributed by atoms with Crippen molar-refractivity contribution in [2.75, 3.05) is 12.4 Å². The van der Waals surface area contributed by atoms with Crippen LogP contribution in [0.25, 0.3) is 0 Å². The van der Waals surface area contributed by atoms with E-state index >= 15 is 0 Å². The van der Waals surface area contributed by atoms with Crippen LogP contribution in [0.4, 0.5) is 4.79 Å². The van der Waals surface area contributed by atoms with Crippen molar-refractivity contribution in [2.24, 2.45) is 16.3 Å². The van der Waals surface area contributed by atoms with Gasteiger partial charge in [-0.25, -0.2) is 4.79 Å². The molecule has 0 saturated carbocycles. The maximum absolute atomic E-state index is 13.4. The summed E-state index contributed by atoms with van der Waals surface area (Å²) in [4.78, 5) is 30.5. The largest absolute Gasteiger partial charge is 0.449 e. The summed E-state index contributed by atoms with van der Waals surface area (Å²) in [5.74, 6) is 1.29. The van der Waals surface area contributed by atoms with E-state index in [9.17, 15) is 14.9 Å². The van der Waals surface area contributed by atoms with Gasteiger partial charge in [0.2, 0.25) is 5.91 Å². The average molecular weight is 523 g/mol. The van der Waals surface area contributed by atoms with Gasteiger partial charge in [-0.2, -0.15) is 17.0 Å². The second-order valence-electron chi connectivity index (χ2n) is 10.4. The van der Waals surface area contributed by atoms with Crippen LogP contribution >= 0.6 is 11.8 Å². The lowest BCUT2D eigenvalue weighted by Gasteiger charge is -2.25. The molecular formula is C29H38N4O3S. The summed E-state index contributed by atoms with van der Waals surface area (Å²) >= 11 is 1.59. The molecule has 2 aromatic carbocycles. The third-order valence-electron chi connectivity index (χ3n) is 5.08. The Morgan fingerprint density at radius 1 is 1.05 bits per heavy atom. The maximum Gasteiger partial charge on any atom is 0.412 e. The van der Waals surface area contributed by atoms with E-state index in [0.717, 1.165) is 11.3 Å². The molecule has 0 heterocycles. The van der Waals surface area contributed by atoms with Crippen LogP contribution < -0.4 is 10.6 Å². The predicted molar refractivity (Wildman–Crippen MR) is 150 cm³/mol. The van der Waals surface area contributed by atoms with E-state index in [-0.39, 0.29) is 29.7 Å². The van der Waals surface area contributed by atoms with E-state index in [4.69, 9.17) is 9.73 Å². The molecule has 37 heavy (non-hydrogen) atoms. The van der Waals surface area contributed by atoms with Crippen LogP contribution in [0.2, 0.25) is 0 Å². The number of nitrogens with zero attached hydrogens (tertiary/aromatic N) is 2. The van der Waals surface area contributed by atoms with E-state index in [1.807, 2.05) is 95.3 Å². The Kier molecular flexibility index (Phi) is 12.2. The van der Waals surface area contributed by atoms with Crippen molar-refractivity contribution in [3.63, 3.8) is 0 Å². The number of alkyl carbamates (subject to hydrolysis) is 1. The van der Waals surface area contributed by atoms with Crippen molar-refractivity contribution in [2.45, 2.75) is 58.9 Å². The van der Waals surface area contributed by atoms with Gasteiger partial charge in [0.15, 0.2) is 0 Å². The first-order valence-corrected chi connectivity index (χ1v) is 13.6. The van der Waals surface area contributed by atoms with E-state index in [0.29, 0.717) is 17.7 Å². The second kappa shape index (κ2) is 15.1. The van der Waals surface area contributed by atoms with Crippen LogP contribution in [-0.2, 0) is 15.3 Å². The van der Waals surface area contributed by atoms with Crippen molar-refractivity contribution in [1.29, 1.82) is 5.26 Å². The average Bonchev–Trinajstić information content (AvgIpc) is 2.86. The predicted octanol–water partition coefficient (Wildman–Crippen LogP) is 5.56. The van der Waals surface area contributed by atoms with Gasteiger partial charge in [0.1, 0.15) is 17.9 Å². The van der Waals surface area contributed by atoms with Gasteiger partial charge in [0.05, 0.1) is 12.7 Å². The van der Waals surface area contributed by atoms with Crippen molar-refractivity contribution < 1.29 is 14.3 Å². The smallest absolute Gasteiger partial charge is 0.412 e. The van der Waals surface area contributed by atoms with Crippen LogP contribution in [0, 0.1) is 22.7 Å². The fraction of sp³-hybridized carbons (Fsp3) is 0.448. The molecular weight excluding hydrogens is 484 g/mol. The standard InChI is InChI=1S/C29H38N4O3S/c1-21(2)18-36-28(35)33-26(23-14-10-7-11-15-23)32-25(16-29(3,4)5)27(34)31-24(17-30)20-37-19-22-12-8-6-9-13-22/h6-15,21,24-25H,16,18-20H2,1-5H3,(H,31,34)(H,32,33,35)/t24-,25+/m1/s1. The lowest BCUT2D eigenvalue weighted by Crippen LogP contribution is -2.44. The van der Waals surface area contributed by atoms with Crippen LogP contribution in [0.5, 0.6) is 0 Å². The molecule has 2 amide bonds. The highest BCUT2D eigenvalue weighted by Gasteiger charge is 2.27. The Hall–Kier alpha value is -3.31. The molecule has 0 aliphatic heterocycles. The number of rotatable bonds is 11. The lowest BCUT2D eigenvalue weighted by atomic mass is 9.88. The molecule has 0 radical (unpaired) electrons. The fourth-order valence-corrected chi connectivity index (χ4v) is 4.27. The van der Waals surface area contributed by atoms with Crippen molar-refractivity contribution in [3.05, 3.63) is 71.8 Å². The number of hydrogen-bond acceptors (Lipinski definition) is 6. The molecule has 0 saturated heterocycles. The number of benzene rings is 2. The third kappa shape index (κ3) is 12.0. The normalized spacial score (nSPS) is 13.4. The van der Waals surface area contributed by atoms with Gasteiger partial charge in [-0.3, -0.25) is 15.1 Å². The number of amidine groups is 1. The molecule has 2 atom stereocenters. The Bertz CT molecular complexity index is 1060. The molecule has 0 bridgehead atoms. The van der Waals surface area contributed by atoms with Gasteiger partial charge >= 0.3 is 6.09 Å². The number of nitriles is 1. The summed E-state index contributed by atoms with van der Waals surface area (Å²) in [6, 6.07) is 19.9. The SMILES string of the molecule is CC(C)COC(=O)NC(=N[C@@H](CC(C)(C)C)C(=O)N[C@H](C#N)CSCc1ccccc1)c1ccccc1. The minimum absolute atomic E-state index is 0.185. The molecule has 2 N–H and O–H groups in total. The van der Waals surface area contributed by atoms with Crippen LogP contribution in [0.15, 0.2) is 65.7 Å². The van der Waals surface area contributed by atoms with Crippen LogP contribution in [-0.4, -0.2) is 42.3 Å². The number of carbonyl (C=O) groups is 2. The first kappa shape index (κ1) is 29.9. The van der Waals surface area contributed by atoms with Crippen LogP contribution in [0.1, 0.15) is 52.2 Å². The highest BCUT2D eigenvalue weighted by molar-refractivity contribution is 7.98. The van der Waals surface area contributed by atoms with E-state index in [1.165, 1.54) is 0 Å². The van der Waals surface area contributed by atoms with Gasteiger partial charge in [-0.15, -0.1) is 0 Å². The molecule has 7 nitrogen and oxygen atoms in total. The summed E-state index contributed by atoms with van der Waals surface area (Å²) in [5, 5.41) is 15.3. The van der Waals surface area contributed by atoms with Crippen molar-refractivity contribution in [3.8, 4) is 6.07 Å². The minimum Gasteiger partial charge on any atom is -0.449 e. The number of thioether (sulfide) groups is 1. The number of carbonyl (C=O) groups excluding carboxylic acids is 2. The van der Waals surface area contributed by atoms with E-state index in [1.54, 1.807) is 11.8 Å². The molecule has 0 unspecified atom stereocenters. The summed E-state index contributed by atoms with van der Waals surface area (Å²) in [6.07, 6.45) is -0.203. The summed E-state index contributed by atoms with van der Waals surface area (Å²) in [7, 11) is 0. The zero-order chi connectivity index (χ0) is 27.3. The molecule has 8 heteroatoms. The summed E-state index contributed by atoms with van der Waals surface area (Å²) in [5.41, 5.74) is 1.59. The monoisotopic (exact) mass is 522 g/mol. The Morgan fingerprint density at radius 2 is 1.68 bits per heavy atom. The fourth-order valence-electron chi connectivity index (χ4n) is 3.33. The first-order valence-electron chi connectivity index (χ1n) is 12.5. The van der Waals surface area contributed by atoms with Crippen molar-refractivity contribution in [1.82, 2.24) is 10.6 Å². The molecule has 0 aromatic heterocycles. The highest BCUT2D eigenvalue weighted by Crippen LogP contribution is 2.23. The molecule has 0 fully saturated rings.